The van der Waals surface area contributed by atoms with E-state index in [1.54, 1.807) is 6.20 Å². The summed E-state index contributed by atoms with van der Waals surface area (Å²) in [6.07, 6.45) is 8.73. The average Bonchev–Trinajstić information content (AvgIpc) is 2.79. The molecule has 4 nitrogen and oxygen atoms in total. The Balaban J connectivity index is 1.47. The third-order valence-electron chi connectivity index (χ3n) is 6.56. The van der Waals surface area contributed by atoms with Crippen LogP contribution in [0.1, 0.15) is 64.5 Å². The van der Waals surface area contributed by atoms with E-state index < -0.39 is 0 Å². The van der Waals surface area contributed by atoms with Gasteiger partial charge in [-0.1, -0.05) is 52.0 Å². The van der Waals surface area contributed by atoms with Crippen molar-refractivity contribution in [3.63, 3.8) is 0 Å². The predicted molar refractivity (Wildman–Crippen MR) is 140 cm³/mol. The van der Waals surface area contributed by atoms with Crippen molar-refractivity contribution < 1.29 is 4.79 Å². The molecule has 1 aliphatic rings. The lowest BCUT2D eigenvalue weighted by Crippen LogP contribution is -2.28. The number of carbonyl (C=O) groups is 1. The van der Waals surface area contributed by atoms with Crippen LogP contribution in [0.15, 0.2) is 59.8 Å². The first-order valence-electron chi connectivity index (χ1n) is 12.0. The van der Waals surface area contributed by atoms with E-state index in [-0.39, 0.29) is 11.4 Å². The second-order valence-corrected chi connectivity index (χ2v) is 11.6. The zero-order valence-corrected chi connectivity index (χ0v) is 21.0. The Hall–Kier alpha value is -2.53. The number of rotatable bonds is 5. The van der Waals surface area contributed by atoms with Crippen LogP contribution in [0.4, 0.5) is 10.5 Å². The maximum Gasteiger partial charge on any atom is 0.319 e. The summed E-state index contributed by atoms with van der Waals surface area (Å²) in [5.41, 5.74) is 3.42. The lowest BCUT2D eigenvalue weighted by atomic mass is 9.86. The van der Waals surface area contributed by atoms with Gasteiger partial charge in [0.05, 0.1) is 5.69 Å². The van der Waals surface area contributed by atoms with Gasteiger partial charge in [-0.15, -0.1) is 11.8 Å². The fourth-order valence-corrected chi connectivity index (χ4v) is 5.73. The normalized spacial score (nSPS) is 18.8. The number of hydrogen-bond donors (Lipinski definition) is 2. The molecule has 2 aromatic carbocycles. The molecule has 1 heterocycles. The van der Waals surface area contributed by atoms with Crippen molar-refractivity contribution in [1.29, 1.82) is 0 Å². The summed E-state index contributed by atoms with van der Waals surface area (Å²) in [4.78, 5) is 18.2. The largest absolute Gasteiger partial charge is 0.334 e. The molecule has 0 unspecified atom stereocenters. The Morgan fingerprint density at radius 3 is 2.64 bits per heavy atom. The summed E-state index contributed by atoms with van der Waals surface area (Å²) in [7, 11) is 0. The molecule has 0 spiro atoms. The third kappa shape index (κ3) is 6.08. The molecule has 3 aromatic rings. The molecule has 174 valence electrons. The molecule has 1 aliphatic carbocycles. The summed E-state index contributed by atoms with van der Waals surface area (Å²) in [5.74, 6) is 0.845. The van der Waals surface area contributed by atoms with Gasteiger partial charge in [0.15, 0.2) is 0 Å². The Morgan fingerprint density at radius 2 is 1.88 bits per heavy atom. The number of hydrogen-bond acceptors (Lipinski definition) is 3. The molecule has 0 saturated heterocycles. The Kier molecular flexibility index (Phi) is 7.28. The van der Waals surface area contributed by atoms with Crippen LogP contribution in [-0.4, -0.2) is 16.3 Å². The van der Waals surface area contributed by atoms with Gasteiger partial charge >= 0.3 is 6.03 Å². The number of urea groups is 1. The van der Waals surface area contributed by atoms with E-state index in [9.17, 15) is 4.79 Å². The minimum Gasteiger partial charge on any atom is -0.334 e. The molecule has 0 aliphatic heterocycles. The van der Waals surface area contributed by atoms with E-state index in [1.807, 2.05) is 42.2 Å². The molecule has 2 N–H and O–H groups in total. The molecule has 5 heteroatoms. The van der Waals surface area contributed by atoms with Crippen molar-refractivity contribution in [2.45, 2.75) is 75.5 Å². The maximum atomic E-state index is 12.7. The van der Waals surface area contributed by atoms with Crippen LogP contribution in [-0.2, 0) is 12.0 Å². The number of aromatic nitrogens is 1. The van der Waals surface area contributed by atoms with Crippen LogP contribution >= 0.6 is 11.8 Å². The fourth-order valence-electron chi connectivity index (χ4n) is 4.38. The topological polar surface area (TPSA) is 54.0 Å². The van der Waals surface area contributed by atoms with Gasteiger partial charge in [-0.25, -0.2) is 4.79 Å². The predicted octanol–water partition coefficient (Wildman–Crippen LogP) is 7.52. The lowest BCUT2D eigenvalue weighted by Gasteiger charge is -2.27. The molecule has 1 fully saturated rings. The molecular weight excluding hydrogens is 426 g/mol. The minimum absolute atomic E-state index is 0.100. The van der Waals surface area contributed by atoms with Crippen LogP contribution in [0.25, 0.3) is 10.8 Å². The van der Waals surface area contributed by atoms with Crippen LogP contribution < -0.4 is 10.6 Å². The van der Waals surface area contributed by atoms with Gasteiger partial charge in [-0.05, 0) is 66.3 Å². The van der Waals surface area contributed by atoms with E-state index in [4.69, 9.17) is 0 Å². The fraction of sp³-hybridized carbons (Fsp3) is 0.429. The number of carbonyl (C=O) groups excluding carboxylic acids is 1. The van der Waals surface area contributed by atoms with E-state index in [0.717, 1.165) is 22.4 Å². The molecular formula is C28H35N3OS. The number of anilines is 1. The maximum absolute atomic E-state index is 12.7. The SMILES string of the molecule is CC1CCC(Sc2cc(C(C)(C)C)ccc2CNC(=O)Nc2cccc3cnccc23)CC1. The van der Waals surface area contributed by atoms with Crippen molar-refractivity contribution in [3.05, 3.63) is 66.0 Å². The van der Waals surface area contributed by atoms with Gasteiger partial charge in [0.25, 0.3) is 0 Å². The Morgan fingerprint density at radius 1 is 1.09 bits per heavy atom. The van der Waals surface area contributed by atoms with Gasteiger partial charge in [-0.3, -0.25) is 4.98 Å². The third-order valence-corrected chi connectivity index (χ3v) is 8.00. The lowest BCUT2D eigenvalue weighted by molar-refractivity contribution is 0.251. The van der Waals surface area contributed by atoms with Gasteiger partial charge in [0, 0.05) is 39.9 Å². The van der Waals surface area contributed by atoms with Crippen LogP contribution in [0, 0.1) is 5.92 Å². The average molecular weight is 462 g/mol. The van der Waals surface area contributed by atoms with Gasteiger partial charge in [-0.2, -0.15) is 0 Å². The van der Waals surface area contributed by atoms with Crippen molar-refractivity contribution in [3.8, 4) is 0 Å². The summed E-state index contributed by atoms with van der Waals surface area (Å²) in [5, 5.41) is 8.74. The molecule has 4 rings (SSSR count). The molecule has 0 radical (unpaired) electrons. The quantitative estimate of drug-likeness (QED) is 0.413. The molecule has 2 amide bonds. The van der Waals surface area contributed by atoms with Crippen molar-refractivity contribution in [1.82, 2.24) is 10.3 Å². The monoisotopic (exact) mass is 461 g/mol. The molecule has 0 bridgehead atoms. The van der Waals surface area contributed by atoms with Crippen LogP contribution in [0.2, 0.25) is 0 Å². The molecule has 1 saturated carbocycles. The van der Waals surface area contributed by atoms with Crippen molar-refractivity contribution >= 4 is 34.3 Å². The zero-order chi connectivity index (χ0) is 23.4. The van der Waals surface area contributed by atoms with Crippen molar-refractivity contribution in [2.24, 2.45) is 5.92 Å². The van der Waals surface area contributed by atoms with Gasteiger partial charge in [0.1, 0.15) is 0 Å². The highest BCUT2D eigenvalue weighted by Crippen LogP contribution is 2.39. The first-order valence-corrected chi connectivity index (χ1v) is 12.9. The van der Waals surface area contributed by atoms with E-state index >= 15 is 0 Å². The number of nitrogens with one attached hydrogen (secondary N) is 2. The summed E-state index contributed by atoms with van der Waals surface area (Å²) in [6, 6.07) is 14.3. The minimum atomic E-state index is -0.193. The second-order valence-electron chi connectivity index (χ2n) is 10.3. The number of nitrogens with zero attached hydrogens (tertiary/aromatic N) is 1. The standard InChI is InChI=1S/C28H35N3OS/c1-19-8-12-23(13-9-19)33-26-16-22(28(2,3)4)11-10-21(26)18-30-27(32)31-25-7-5-6-20-17-29-15-14-24(20)25/h5-7,10-11,14-17,19,23H,8-9,12-13,18H2,1-4H3,(H2,30,31,32). The van der Waals surface area contributed by atoms with E-state index in [2.05, 4.69) is 61.5 Å². The van der Waals surface area contributed by atoms with Gasteiger partial charge in [0.2, 0.25) is 0 Å². The first-order chi connectivity index (χ1) is 15.8. The number of amides is 2. The van der Waals surface area contributed by atoms with Crippen LogP contribution in [0.5, 0.6) is 0 Å². The second kappa shape index (κ2) is 10.2. The molecule has 33 heavy (non-hydrogen) atoms. The number of fused-ring (bicyclic) bond motifs is 1. The number of pyridine rings is 1. The van der Waals surface area contributed by atoms with Crippen molar-refractivity contribution in [2.75, 3.05) is 5.32 Å². The van der Waals surface area contributed by atoms with E-state index in [0.29, 0.717) is 11.8 Å². The van der Waals surface area contributed by atoms with E-state index in [1.165, 1.54) is 41.7 Å². The summed E-state index contributed by atoms with van der Waals surface area (Å²) < 4.78 is 0. The van der Waals surface area contributed by atoms with Gasteiger partial charge < -0.3 is 10.6 Å². The highest BCUT2D eigenvalue weighted by Gasteiger charge is 2.22. The first kappa shape index (κ1) is 23.6. The smallest absolute Gasteiger partial charge is 0.319 e. The number of benzene rings is 2. The summed E-state index contributed by atoms with van der Waals surface area (Å²) >= 11 is 2.00. The highest BCUT2D eigenvalue weighted by molar-refractivity contribution is 8.00. The summed E-state index contributed by atoms with van der Waals surface area (Å²) in [6.45, 7) is 9.63. The van der Waals surface area contributed by atoms with Crippen LogP contribution in [0.3, 0.4) is 0 Å². The highest BCUT2D eigenvalue weighted by atomic mass is 32.2. The number of thioether (sulfide) groups is 1. The molecule has 1 aromatic heterocycles. The Labute approximate surface area is 202 Å². The Bertz CT molecular complexity index is 1110. The molecule has 0 atom stereocenters. The zero-order valence-electron chi connectivity index (χ0n) is 20.2.